The normalized spacial score (nSPS) is 15.5. The highest BCUT2D eigenvalue weighted by Crippen LogP contribution is 2.30. The second kappa shape index (κ2) is 8.13. The van der Waals surface area contributed by atoms with Crippen molar-refractivity contribution in [1.82, 2.24) is 5.32 Å². The predicted octanol–water partition coefficient (Wildman–Crippen LogP) is 5.05. The van der Waals surface area contributed by atoms with Crippen molar-refractivity contribution in [3.63, 3.8) is 0 Å². The Labute approximate surface area is 183 Å². The summed E-state index contributed by atoms with van der Waals surface area (Å²) in [6, 6.07) is 9.86. The first kappa shape index (κ1) is 19.4. The molecule has 0 spiro atoms. The molecule has 3 amide bonds. The number of rotatable bonds is 4. The molecule has 3 rings (SSSR count). The first-order valence-corrected chi connectivity index (χ1v) is 10.2. The van der Waals surface area contributed by atoms with E-state index in [1.165, 1.54) is 0 Å². The van der Waals surface area contributed by atoms with Crippen LogP contribution in [0.5, 0.6) is 5.75 Å². The molecule has 0 aliphatic carbocycles. The number of halogens is 3. The van der Waals surface area contributed by atoms with Crippen LogP contribution in [0.15, 0.2) is 42.1 Å². The SMILES string of the molecule is CCOc1c(I)cc(/C=C2/NC(=O)N(c3ccc(Cl)cc3)C2=O)cc1I. The lowest BCUT2D eigenvalue weighted by atomic mass is 10.2. The maximum absolute atomic E-state index is 12.7. The molecule has 5 nitrogen and oxygen atoms in total. The van der Waals surface area contributed by atoms with Gasteiger partial charge in [0.2, 0.25) is 0 Å². The molecule has 134 valence electrons. The Bertz CT molecular complexity index is 890. The second-order valence-corrected chi connectivity index (χ2v) is 8.11. The molecular formula is C18H13ClI2N2O3. The van der Waals surface area contributed by atoms with Gasteiger partial charge in [-0.25, -0.2) is 9.69 Å². The van der Waals surface area contributed by atoms with Crippen molar-refractivity contribution in [2.24, 2.45) is 0 Å². The molecule has 1 aliphatic rings. The highest BCUT2D eigenvalue weighted by atomic mass is 127. The van der Waals surface area contributed by atoms with Crippen LogP contribution in [-0.4, -0.2) is 18.5 Å². The van der Waals surface area contributed by atoms with Crippen LogP contribution in [0.1, 0.15) is 12.5 Å². The number of anilines is 1. The summed E-state index contributed by atoms with van der Waals surface area (Å²) < 4.78 is 7.50. The van der Waals surface area contributed by atoms with Crippen molar-refractivity contribution in [3.8, 4) is 5.75 Å². The standard InChI is InChI=1S/C18H13ClI2N2O3/c1-2-26-16-13(20)7-10(8-14(16)21)9-15-17(24)23(18(25)22-15)12-5-3-11(19)4-6-12/h3-9H,2H2,1H3,(H,22,25)/b15-9+. The number of nitrogens with one attached hydrogen (secondary N) is 1. The van der Waals surface area contributed by atoms with Crippen LogP contribution in [-0.2, 0) is 4.79 Å². The van der Waals surface area contributed by atoms with Crippen molar-refractivity contribution in [3.05, 3.63) is 59.8 Å². The second-order valence-electron chi connectivity index (χ2n) is 5.35. The van der Waals surface area contributed by atoms with Crippen molar-refractivity contribution in [1.29, 1.82) is 0 Å². The van der Waals surface area contributed by atoms with E-state index >= 15 is 0 Å². The molecule has 1 fully saturated rings. The molecule has 1 N–H and O–H groups in total. The molecular weight excluding hydrogens is 581 g/mol. The Morgan fingerprint density at radius 1 is 1.15 bits per heavy atom. The van der Waals surface area contributed by atoms with Crippen molar-refractivity contribution in [2.75, 3.05) is 11.5 Å². The summed E-state index contributed by atoms with van der Waals surface area (Å²) in [5, 5.41) is 3.16. The molecule has 0 aromatic heterocycles. The first-order valence-electron chi connectivity index (χ1n) is 7.65. The highest BCUT2D eigenvalue weighted by Gasteiger charge is 2.34. The van der Waals surface area contributed by atoms with E-state index in [1.807, 2.05) is 19.1 Å². The number of ether oxygens (including phenoxy) is 1. The van der Waals surface area contributed by atoms with Gasteiger partial charge in [-0.05, 0) is 100 Å². The lowest BCUT2D eigenvalue weighted by molar-refractivity contribution is -0.113. The molecule has 1 saturated heterocycles. The lowest BCUT2D eigenvalue weighted by Crippen LogP contribution is -2.30. The zero-order valence-electron chi connectivity index (χ0n) is 13.6. The zero-order valence-corrected chi connectivity index (χ0v) is 18.6. The number of benzene rings is 2. The first-order chi connectivity index (χ1) is 12.4. The maximum atomic E-state index is 12.7. The third-order valence-electron chi connectivity index (χ3n) is 3.58. The lowest BCUT2D eigenvalue weighted by Gasteiger charge is -2.11. The Hall–Kier alpha value is -1.33. The smallest absolute Gasteiger partial charge is 0.333 e. The van der Waals surface area contributed by atoms with Gasteiger partial charge in [-0.1, -0.05) is 11.6 Å². The average Bonchev–Trinajstić information content (AvgIpc) is 2.86. The molecule has 2 aromatic rings. The van der Waals surface area contributed by atoms with Gasteiger partial charge in [-0.15, -0.1) is 0 Å². The summed E-state index contributed by atoms with van der Waals surface area (Å²) in [4.78, 5) is 26.0. The van der Waals surface area contributed by atoms with Crippen LogP contribution in [0, 0.1) is 7.14 Å². The number of hydrogen-bond acceptors (Lipinski definition) is 3. The number of carbonyl (C=O) groups is 2. The van der Waals surface area contributed by atoms with Gasteiger partial charge in [0.1, 0.15) is 11.4 Å². The van der Waals surface area contributed by atoms with Crippen molar-refractivity contribution in [2.45, 2.75) is 6.92 Å². The molecule has 0 unspecified atom stereocenters. The monoisotopic (exact) mass is 594 g/mol. The summed E-state index contributed by atoms with van der Waals surface area (Å²) in [5.74, 6) is 0.414. The minimum atomic E-state index is -0.487. The zero-order chi connectivity index (χ0) is 18.8. The van der Waals surface area contributed by atoms with Gasteiger partial charge in [-0.2, -0.15) is 0 Å². The third-order valence-corrected chi connectivity index (χ3v) is 5.44. The number of nitrogens with zero attached hydrogens (tertiary/aromatic N) is 1. The number of amides is 3. The van der Waals surface area contributed by atoms with Crippen LogP contribution in [0.2, 0.25) is 5.02 Å². The van der Waals surface area contributed by atoms with E-state index in [4.69, 9.17) is 16.3 Å². The molecule has 0 saturated carbocycles. The largest absolute Gasteiger partial charge is 0.492 e. The van der Waals surface area contributed by atoms with Crippen molar-refractivity contribution < 1.29 is 14.3 Å². The molecule has 2 aromatic carbocycles. The molecule has 0 bridgehead atoms. The van der Waals surface area contributed by atoms with Crippen molar-refractivity contribution >= 4 is 80.5 Å². The topological polar surface area (TPSA) is 58.6 Å². The molecule has 0 radical (unpaired) electrons. The summed E-state index contributed by atoms with van der Waals surface area (Å²) in [5.41, 5.74) is 1.50. The average molecular weight is 595 g/mol. The fourth-order valence-electron chi connectivity index (χ4n) is 2.47. The van der Waals surface area contributed by atoms with Crippen LogP contribution in [0.25, 0.3) is 6.08 Å². The molecule has 0 atom stereocenters. The minimum absolute atomic E-state index is 0.223. The van der Waals surface area contributed by atoms with Gasteiger partial charge in [-0.3, -0.25) is 4.79 Å². The molecule has 26 heavy (non-hydrogen) atoms. The highest BCUT2D eigenvalue weighted by molar-refractivity contribution is 14.1. The Kier molecular flexibility index (Phi) is 6.08. The van der Waals surface area contributed by atoms with E-state index in [1.54, 1.807) is 30.3 Å². The number of urea groups is 1. The Morgan fingerprint density at radius 2 is 1.77 bits per heavy atom. The van der Waals surface area contributed by atoms with E-state index in [0.717, 1.165) is 23.4 Å². The van der Waals surface area contributed by atoms with E-state index < -0.39 is 11.9 Å². The van der Waals surface area contributed by atoms with Gasteiger partial charge in [0.15, 0.2) is 0 Å². The van der Waals surface area contributed by atoms with Gasteiger partial charge >= 0.3 is 6.03 Å². The fourth-order valence-corrected chi connectivity index (χ4v) is 4.73. The van der Waals surface area contributed by atoms with E-state index in [9.17, 15) is 9.59 Å². The van der Waals surface area contributed by atoms with E-state index in [2.05, 4.69) is 50.5 Å². The Morgan fingerprint density at radius 3 is 2.35 bits per heavy atom. The molecule has 1 aliphatic heterocycles. The number of hydrogen-bond donors (Lipinski definition) is 1. The number of carbonyl (C=O) groups excluding carboxylic acids is 2. The quantitative estimate of drug-likeness (QED) is 0.307. The number of imide groups is 1. The maximum Gasteiger partial charge on any atom is 0.333 e. The van der Waals surface area contributed by atoms with Gasteiger partial charge in [0.05, 0.1) is 19.4 Å². The molecule has 1 heterocycles. The predicted molar refractivity (Wildman–Crippen MR) is 118 cm³/mol. The summed E-state index contributed by atoms with van der Waals surface area (Å²) in [6.07, 6.45) is 1.66. The van der Waals surface area contributed by atoms with Gasteiger partial charge in [0, 0.05) is 5.02 Å². The minimum Gasteiger partial charge on any atom is -0.492 e. The third kappa shape index (κ3) is 3.99. The van der Waals surface area contributed by atoms with Crippen LogP contribution in [0.3, 0.4) is 0 Å². The summed E-state index contributed by atoms with van der Waals surface area (Å²) in [6.45, 7) is 2.51. The van der Waals surface area contributed by atoms with Gasteiger partial charge < -0.3 is 10.1 Å². The van der Waals surface area contributed by atoms with Crippen LogP contribution >= 0.6 is 56.8 Å². The van der Waals surface area contributed by atoms with Crippen LogP contribution in [0.4, 0.5) is 10.5 Å². The van der Waals surface area contributed by atoms with Crippen LogP contribution < -0.4 is 15.0 Å². The van der Waals surface area contributed by atoms with E-state index in [0.29, 0.717) is 17.3 Å². The summed E-state index contributed by atoms with van der Waals surface area (Å²) >= 11 is 10.3. The van der Waals surface area contributed by atoms with E-state index in [-0.39, 0.29) is 5.70 Å². The fraction of sp³-hybridized carbons (Fsp3) is 0.111. The Balaban J connectivity index is 1.92. The van der Waals surface area contributed by atoms with Gasteiger partial charge in [0.25, 0.3) is 5.91 Å². The summed E-state index contributed by atoms with van der Waals surface area (Å²) in [7, 11) is 0. The molecule has 8 heteroatoms.